The lowest BCUT2D eigenvalue weighted by atomic mass is 10.1. The van der Waals surface area contributed by atoms with Gasteiger partial charge in [0, 0.05) is 23.4 Å². The molecule has 0 saturated carbocycles. The molecule has 70 valence electrons. The Morgan fingerprint density at radius 1 is 1.62 bits per heavy atom. The number of nitrogens with zero attached hydrogens (tertiary/aromatic N) is 1. The molecule has 0 spiro atoms. The molecule has 0 fully saturated rings. The van der Waals surface area contributed by atoms with Crippen molar-refractivity contribution >= 4 is 11.4 Å². The summed E-state index contributed by atoms with van der Waals surface area (Å²) in [5.41, 5.74) is 6.19. The number of nitrogens with two attached hydrogens (primary N) is 1. The minimum Gasteiger partial charge on any atom is -0.398 e. The summed E-state index contributed by atoms with van der Waals surface area (Å²) in [5, 5.41) is 19.6. The monoisotopic (exact) mass is 182 g/mol. The summed E-state index contributed by atoms with van der Waals surface area (Å²) in [6, 6.07) is 4.00. The van der Waals surface area contributed by atoms with Crippen LogP contribution < -0.4 is 5.73 Å². The Morgan fingerprint density at radius 3 is 2.69 bits per heavy atom. The average molecular weight is 182 g/mol. The molecule has 0 aliphatic rings. The van der Waals surface area contributed by atoms with Crippen molar-refractivity contribution in [2.45, 2.75) is 13.0 Å². The second-order valence-electron chi connectivity index (χ2n) is 2.75. The standard InChI is InChI=1S/C8H10N2O3/c1-5(11)7-4-6(10(12)13)2-3-8(7)9/h2-5,11H,9H2,1H3/t5-/m0/s1. The highest BCUT2D eigenvalue weighted by atomic mass is 16.6. The highest BCUT2D eigenvalue weighted by Gasteiger charge is 2.11. The molecule has 1 rings (SSSR count). The summed E-state index contributed by atoms with van der Waals surface area (Å²) >= 11 is 0. The Kier molecular flexibility index (Phi) is 2.48. The number of aliphatic hydroxyl groups excluding tert-OH is 1. The molecule has 0 saturated heterocycles. The van der Waals surface area contributed by atoms with E-state index in [9.17, 15) is 15.2 Å². The Morgan fingerprint density at radius 2 is 2.23 bits per heavy atom. The number of aliphatic hydroxyl groups is 1. The van der Waals surface area contributed by atoms with E-state index in [1.807, 2.05) is 0 Å². The van der Waals surface area contributed by atoms with E-state index in [4.69, 9.17) is 5.73 Å². The van der Waals surface area contributed by atoms with Crippen LogP contribution in [-0.4, -0.2) is 10.0 Å². The summed E-state index contributed by atoms with van der Waals surface area (Å²) in [6.07, 6.45) is -0.792. The molecule has 5 heteroatoms. The zero-order valence-electron chi connectivity index (χ0n) is 7.10. The van der Waals surface area contributed by atoms with Crippen LogP contribution in [0.5, 0.6) is 0 Å². The Balaban J connectivity index is 3.19. The maximum absolute atomic E-state index is 10.4. The second kappa shape index (κ2) is 3.40. The van der Waals surface area contributed by atoms with E-state index >= 15 is 0 Å². The third-order valence-corrected chi connectivity index (χ3v) is 1.73. The van der Waals surface area contributed by atoms with Gasteiger partial charge in [0.15, 0.2) is 0 Å². The molecule has 13 heavy (non-hydrogen) atoms. The highest BCUT2D eigenvalue weighted by molar-refractivity contribution is 5.53. The molecule has 0 unspecified atom stereocenters. The number of benzene rings is 1. The van der Waals surface area contributed by atoms with Crippen LogP contribution in [0.25, 0.3) is 0 Å². The summed E-state index contributed by atoms with van der Waals surface area (Å²) in [6.45, 7) is 1.51. The van der Waals surface area contributed by atoms with Gasteiger partial charge in [-0.25, -0.2) is 0 Å². The highest BCUT2D eigenvalue weighted by Crippen LogP contribution is 2.24. The fraction of sp³-hybridized carbons (Fsp3) is 0.250. The first kappa shape index (κ1) is 9.47. The fourth-order valence-corrected chi connectivity index (χ4v) is 1.04. The van der Waals surface area contributed by atoms with Crippen molar-refractivity contribution in [1.82, 2.24) is 0 Å². The van der Waals surface area contributed by atoms with Gasteiger partial charge in [-0.2, -0.15) is 0 Å². The molecule has 5 nitrogen and oxygen atoms in total. The Labute approximate surface area is 74.9 Å². The molecule has 0 bridgehead atoms. The van der Waals surface area contributed by atoms with Gasteiger partial charge in [-0.15, -0.1) is 0 Å². The molecule has 0 heterocycles. The van der Waals surface area contributed by atoms with Crippen LogP contribution in [0, 0.1) is 10.1 Å². The molecule has 0 radical (unpaired) electrons. The number of hydrogen-bond donors (Lipinski definition) is 2. The molecule has 1 aromatic rings. The molecule has 0 aromatic heterocycles. The zero-order valence-corrected chi connectivity index (χ0v) is 7.10. The number of non-ortho nitro benzene ring substituents is 1. The van der Waals surface area contributed by atoms with E-state index in [2.05, 4.69) is 0 Å². The summed E-state index contributed by atoms with van der Waals surface area (Å²) < 4.78 is 0. The normalized spacial score (nSPS) is 12.5. The van der Waals surface area contributed by atoms with Crippen molar-refractivity contribution in [1.29, 1.82) is 0 Å². The first-order valence-corrected chi connectivity index (χ1v) is 3.74. The van der Waals surface area contributed by atoms with Crippen LogP contribution in [0.1, 0.15) is 18.6 Å². The van der Waals surface area contributed by atoms with Crippen LogP contribution in [-0.2, 0) is 0 Å². The third-order valence-electron chi connectivity index (χ3n) is 1.73. The van der Waals surface area contributed by atoms with E-state index < -0.39 is 11.0 Å². The third kappa shape index (κ3) is 1.94. The van der Waals surface area contributed by atoms with Crippen molar-refractivity contribution in [3.05, 3.63) is 33.9 Å². The SMILES string of the molecule is C[C@H](O)c1cc([N+](=O)[O-])ccc1N. The topological polar surface area (TPSA) is 89.4 Å². The maximum Gasteiger partial charge on any atom is 0.269 e. The van der Waals surface area contributed by atoms with Crippen LogP contribution in [0.2, 0.25) is 0 Å². The van der Waals surface area contributed by atoms with Gasteiger partial charge in [0.25, 0.3) is 5.69 Å². The molecule has 0 amide bonds. The van der Waals surface area contributed by atoms with Gasteiger partial charge in [-0.1, -0.05) is 0 Å². The van der Waals surface area contributed by atoms with E-state index in [0.717, 1.165) is 0 Å². The molecule has 1 atom stereocenters. The second-order valence-corrected chi connectivity index (χ2v) is 2.75. The van der Waals surface area contributed by atoms with E-state index in [0.29, 0.717) is 11.3 Å². The maximum atomic E-state index is 10.4. The smallest absolute Gasteiger partial charge is 0.269 e. The number of nitro groups is 1. The summed E-state index contributed by atoms with van der Waals surface area (Å²) in [5.74, 6) is 0. The van der Waals surface area contributed by atoms with Crippen LogP contribution in [0.15, 0.2) is 18.2 Å². The Hall–Kier alpha value is -1.62. The van der Waals surface area contributed by atoms with Gasteiger partial charge in [0.05, 0.1) is 11.0 Å². The predicted octanol–water partition coefficient (Wildman–Crippen LogP) is 1.23. The lowest BCUT2D eigenvalue weighted by Gasteiger charge is -2.07. The number of rotatable bonds is 2. The van der Waals surface area contributed by atoms with Gasteiger partial charge < -0.3 is 10.8 Å². The minimum atomic E-state index is -0.792. The lowest BCUT2D eigenvalue weighted by Crippen LogP contribution is -1.99. The number of nitrogen functional groups attached to an aromatic ring is 1. The largest absolute Gasteiger partial charge is 0.398 e. The quantitative estimate of drug-likeness (QED) is 0.409. The van der Waals surface area contributed by atoms with E-state index in [-0.39, 0.29) is 5.69 Å². The van der Waals surface area contributed by atoms with Gasteiger partial charge in [-0.3, -0.25) is 10.1 Å². The van der Waals surface area contributed by atoms with Crippen LogP contribution >= 0.6 is 0 Å². The number of hydrogen-bond acceptors (Lipinski definition) is 4. The van der Waals surface area contributed by atoms with Crippen LogP contribution in [0.4, 0.5) is 11.4 Å². The number of nitro benzene ring substituents is 1. The first-order chi connectivity index (χ1) is 6.02. The first-order valence-electron chi connectivity index (χ1n) is 3.74. The van der Waals surface area contributed by atoms with Crippen molar-refractivity contribution in [2.24, 2.45) is 0 Å². The number of anilines is 1. The van der Waals surface area contributed by atoms with Gasteiger partial charge in [0.1, 0.15) is 0 Å². The molecule has 0 aliphatic heterocycles. The summed E-state index contributed by atoms with van der Waals surface area (Å²) in [4.78, 5) is 9.85. The van der Waals surface area contributed by atoms with E-state index in [1.165, 1.54) is 25.1 Å². The molecular formula is C8H10N2O3. The van der Waals surface area contributed by atoms with Crippen LogP contribution in [0.3, 0.4) is 0 Å². The predicted molar refractivity (Wildman–Crippen MR) is 48.1 cm³/mol. The molecule has 1 aromatic carbocycles. The van der Waals surface area contributed by atoms with Crippen molar-refractivity contribution in [3.63, 3.8) is 0 Å². The zero-order chi connectivity index (χ0) is 10.0. The molecule has 3 N–H and O–H groups in total. The fourth-order valence-electron chi connectivity index (χ4n) is 1.04. The van der Waals surface area contributed by atoms with Gasteiger partial charge >= 0.3 is 0 Å². The molecule has 0 aliphatic carbocycles. The van der Waals surface area contributed by atoms with Crippen molar-refractivity contribution in [2.75, 3.05) is 5.73 Å². The van der Waals surface area contributed by atoms with Gasteiger partial charge in [0.2, 0.25) is 0 Å². The minimum absolute atomic E-state index is 0.0647. The average Bonchev–Trinajstić information content (AvgIpc) is 2.04. The lowest BCUT2D eigenvalue weighted by molar-refractivity contribution is -0.385. The molecular weight excluding hydrogens is 172 g/mol. The van der Waals surface area contributed by atoms with Gasteiger partial charge in [-0.05, 0) is 13.0 Å². The summed E-state index contributed by atoms with van der Waals surface area (Å²) in [7, 11) is 0. The van der Waals surface area contributed by atoms with E-state index in [1.54, 1.807) is 0 Å². The van der Waals surface area contributed by atoms with Crippen molar-refractivity contribution in [3.8, 4) is 0 Å². The Bertz CT molecular complexity index is 336. The van der Waals surface area contributed by atoms with Crippen molar-refractivity contribution < 1.29 is 10.0 Å².